The molecule has 3 rings (SSSR count). The van der Waals surface area contributed by atoms with Gasteiger partial charge in [0.25, 0.3) is 5.78 Å². The van der Waals surface area contributed by atoms with E-state index in [9.17, 15) is 13.2 Å². The Morgan fingerprint density at radius 3 is 2.46 bits per heavy atom. The zero-order valence-corrected chi connectivity index (χ0v) is 15.2. The molecule has 0 aliphatic rings. The van der Waals surface area contributed by atoms with Crippen LogP contribution in [0, 0.1) is 18.6 Å². The third kappa shape index (κ3) is 4.28. The van der Waals surface area contributed by atoms with Gasteiger partial charge in [0, 0.05) is 17.9 Å². The fourth-order valence-corrected chi connectivity index (χ4v) is 3.14. The average Bonchev–Trinajstić information content (AvgIpc) is 2.82. The molecule has 0 atom stereocenters. The third-order valence-electron chi connectivity index (χ3n) is 3.86. The summed E-state index contributed by atoms with van der Waals surface area (Å²) in [4.78, 5) is 9.81. The van der Waals surface area contributed by atoms with Gasteiger partial charge in [-0.2, -0.15) is 18.2 Å². The molecule has 0 saturated heterocycles. The summed E-state index contributed by atoms with van der Waals surface area (Å²) in [6.45, 7) is 2.74. The number of aryl methyl sites for hydroxylation is 2. The van der Waals surface area contributed by atoms with Crippen LogP contribution >= 0.6 is 12.2 Å². The normalized spacial score (nSPS) is 12.2. The highest BCUT2D eigenvalue weighted by atomic mass is 32.1. The summed E-state index contributed by atoms with van der Waals surface area (Å²) < 4.78 is 42.6. The van der Waals surface area contributed by atoms with E-state index in [4.69, 9.17) is 12.2 Å². The Bertz CT molecular complexity index is 962. The van der Waals surface area contributed by atoms with Crippen LogP contribution in [0.3, 0.4) is 0 Å². The summed E-state index contributed by atoms with van der Waals surface area (Å²) in [5.74, 6) is 0.388. The lowest BCUT2D eigenvalue weighted by molar-refractivity contribution is -0.151. The van der Waals surface area contributed by atoms with Crippen molar-refractivity contribution < 1.29 is 13.2 Å². The van der Waals surface area contributed by atoms with Gasteiger partial charge in [0.2, 0.25) is 4.77 Å². The smallest absolute Gasteiger partial charge is 0.271 e. The summed E-state index contributed by atoms with van der Waals surface area (Å²) in [6, 6.07) is 10.9. The van der Waals surface area contributed by atoms with Crippen molar-refractivity contribution in [3.05, 3.63) is 58.1 Å². The van der Waals surface area contributed by atoms with E-state index in [2.05, 4.69) is 9.97 Å². The minimum absolute atomic E-state index is 0.0417. The molecule has 0 bridgehead atoms. The van der Waals surface area contributed by atoms with Gasteiger partial charge in [0.15, 0.2) is 0 Å². The minimum Gasteiger partial charge on any atom is -0.271 e. The van der Waals surface area contributed by atoms with Crippen molar-refractivity contribution in [3.8, 4) is 0 Å². The predicted molar refractivity (Wildman–Crippen MR) is 94.2 cm³/mol. The standard InChI is InChI=1S/C17H18F3N5S/c1-12-8-13(2)25-15(21-12)22-16(26)24(25)11-23(10-17(18,19)20)9-14-6-4-3-5-7-14/h3-8H,9-11H2,1-2H3. The van der Waals surface area contributed by atoms with Crippen molar-refractivity contribution in [2.75, 3.05) is 6.54 Å². The second kappa shape index (κ2) is 7.16. The van der Waals surface area contributed by atoms with E-state index in [-0.39, 0.29) is 18.0 Å². The van der Waals surface area contributed by atoms with Crippen molar-refractivity contribution >= 4 is 18.0 Å². The molecular weight excluding hydrogens is 363 g/mol. The molecule has 138 valence electrons. The van der Waals surface area contributed by atoms with Gasteiger partial charge < -0.3 is 0 Å². The van der Waals surface area contributed by atoms with Crippen molar-refractivity contribution in [2.45, 2.75) is 33.2 Å². The van der Waals surface area contributed by atoms with Crippen LogP contribution in [0.15, 0.2) is 36.4 Å². The molecule has 5 nitrogen and oxygen atoms in total. The van der Waals surface area contributed by atoms with Crippen LogP contribution < -0.4 is 0 Å². The maximum absolute atomic E-state index is 13.1. The van der Waals surface area contributed by atoms with Crippen LogP contribution in [-0.4, -0.2) is 36.8 Å². The van der Waals surface area contributed by atoms with E-state index >= 15 is 0 Å². The zero-order valence-electron chi connectivity index (χ0n) is 14.4. The second-order valence-corrected chi connectivity index (χ2v) is 6.54. The number of halogens is 3. The first-order chi connectivity index (χ1) is 12.2. The molecule has 2 heterocycles. The number of hydrogen-bond acceptors (Lipinski definition) is 4. The van der Waals surface area contributed by atoms with Crippen molar-refractivity contribution in [3.63, 3.8) is 0 Å². The molecule has 0 aliphatic carbocycles. The molecule has 0 amide bonds. The van der Waals surface area contributed by atoms with Gasteiger partial charge >= 0.3 is 6.18 Å². The van der Waals surface area contributed by atoms with E-state index in [0.29, 0.717) is 5.78 Å². The summed E-state index contributed by atoms with van der Waals surface area (Å²) in [5, 5.41) is 0. The average molecular weight is 381 g/mol. The molecule has 3 aromatic rings. The predicted octanol–water partition coefficient (Wildman–Crippen LogP) is 3.90. The number of aromatic nitrogens is 4. The summed E-state index contributed by atoms with van der Waals surface area (Å²) >= 11 is 5.26. The Hall–Kier alpha value is -2.26. The maximum Gasteiger partial charge on any atom is 0.401 e. The Balaban J connectivity index is 1.97. The van der Waals surface area contributed by atoms with E-state index in [1.807, 2.05) is 26.0 Å². The van der Waals surface area contributed by atoms with E-state index in [1.54, 1.807) is 33.5 Å². The molecule has 26 heavy (non-hydrogen) atoms. The van der Waals surface area contributed by atoms with Gasteiger partial charge in [0.1, 0.15) is 0 Å². The molecule has 0 aliphatic heterocycles. The first-order valence-corrected chi connectivity index (χ1v) is 8.40. The number of alkyl halides is 3. The van der Waals surface area contributed by atoms with Gasteiger partial charge in [0.05, 0.1) is 13.2 Å². The Labute approximate surface area is 153 Å². The SMILES string of the molecule is Cc1cc(C)n2c(n1)nc(=S)n2CN(Cc1ccccc1)CC(F)(F)F. The lowest BCUT2D eigenvalue weighted by atomic mass is 10.2. The molecule has 2 aromatic heterocycles. The van der Waals surface area contributed by atoms with Gasteiger partial charge in [-0.15, -0.1) is 0 Å². The van der Waals surface area contributed by atoms with Crippen LogP contribution in [0.2, 0.25) is 0 Å². The molecule has 0 saturated carbocycles. The van der Waals surface area contributed by atoms with E-state index in [0.717, 1.165) is 17.0 Å². The maximum atomic E-state index is 13.1. The molecule has 0 unspecified atom stereocenters. The Morgan fingerprint density at radius 1 is 1.12 bits per heavy atom. The van der Waals surface area contributed by atoms with Gasteiger partial charge in [-0.3, -0.25) is 4.90 Å². The van der Waals surface area contributed by atoms with Crippen molar-refractivity contribution in [1.82, 2.24) is 24.1 Å². The summed E-state index contributed by atoms with van der Waals surface area (Å²) in [5.41, 5.74) is 2.38. The molecule has 0 spiro atoms. The molecule has 0 fully saturated rings. The van der Waals surface area contributed by atoms with Gasteiger partial charge in [-0.25, -0.2) is 14.2 Å². The molecule has 0 radical (unpaired) electrons. The van der Waals surface area contributed by atoms with Crippen LogP contribution in [-0.2, 0) is 13.2 Å². The topological polar surface area (TPSA) is 38.4 Å². The number of rotatable bonds is 5. The highest BCUT2D eigenvalue weighted by Crippen LogP contribution is 2.19. The highest BCUT2D eigenvalue weighted by Gasteiger charge is 2.31. The first kappa shape index (κ1) is 18.5. The molecule has 9 heteroatoms. The number of nitrogens with zero attached hydrogens (tertiary/aromatic N) is 5. The van der Waals surface area contributed by atoms with E-state index in [1.165, 1.54) is 4.90 Å². The van der Waals surface area contributed by atoms with Crippen LogP contribution in [0.1, 0.15) is 17.0 Å². The fraction of sp³-hybridized carbons (Fsp3) is 0.353. The quantitative estimate of drug-likeness (QED) is 0.629. The van der Waals surface area contributed by atoms with Crippen molar-refractivity contribution in [1.29, 1.82) is 0 Å². The van der Waals surface area contributed by atoms with Crippen LogP contribution in [0.4, 0.5) is 13.2 Å². The molecule has 0 N–H and O–H groups in total. The fourth-order valence-electron chi connectivity index (χ4n) is 2.92. The zero-order chi connectivity index (χ0) is 18.9. The Kier molecular flexibility index (Phi) is 5.10. The van der Waals surface area contributed by atoms with Crippen LogP contribution in [0.5, 0.6) is 0 Å². The Morgan fingerprint density at radius 2 is 1.81 bits per heavy atom. The lowest BCUT2D eigenvalue weighted by Gasteiger charge is -2.24. The number of fused-ring (bicyclic) bond motifs is 1. The minimum atomic E-state index is -4.32. The second-order valence-electron chi connectivity index (χ2n) is 6.17. The van der Waals surface area contributed by atoms with Crippen LogP contribution in [0.25, 0.3) is 5.78 Å². The van der Waals surface area contributed by atoms with Gasteiger partial charge in [-0.05, 0) is 37.7 Å². The first-order valence-electron chi connectivity index (χ1n) is 8.00. The third-order valence-corrected chi connectivity index (χ3v) is 4.16. The lowest BCUT2D eigenvalue weighted by Crippen LogP contribution is -2.36. The highest BCUT2D eigenvalue weighted by molar-refractivity contribution is 7.71. The monoisotopic (exact) mass is 381 g/mol. The van der Waals surface area contributed by atoms with Crippen molar-refractivity contribution in [2.24, 2.45) is 0 Å². The summed E-state index contributed by atoms with van der Waals surface area (Å²) in [7, 11) is 0. The largest absolute Gasteiger partial charge is 0.401 e. The molecule has 1 aromatic carbocycles. The van der Waals surface area contributed by atoms with E-state index < -0.39 is 12.7 Å². The number of hydrogen-bond donors (Lipinski definition) is 0. The number of benzene rings is 1. The van der Waals surface area contributed by atoms with Gasteiger partial charge in [-0.1, -0.05) is 30.3 Å². The molecular formula is C17H18F3N5S. The summed E-state index contributed by atoms with van der Waals surface area (Å²) in [6.07, 6.45) is -4.32.